The summed E-state index contributed by atoms with van der Waals surface area (Å²) in [6, 6.07) is 13.0. The normalized spacial score (nSPS) is 18.2. The van der Waals surface area contributed by atoms with E-state index >= 15 is 0 Å². The van der Waals surface area contributed by atoms with Crippen LogP contribution >= 0.6 is 0 Å². The van der Waals surface area contributed by atoms with Gasteiger partial charge in [-0.05, 0) is 55.5 Å². The molecule has 110 valence electrons. The molecule has 21 heavy (non-hydrogen) atoms. The van der Waals surface area contributed by atoms with Gasteiger partial charge < -0.3 is 10.5 Å². The van der Waals surface area contributed by atoms with Gasteiger partial charge in [0.05, 0.1) is 0 Å². The van der Waals surface area contributed by atoms with Crippen molar-refractivity contribution < 1.29 is 4.74 Å². The minimum atomic E-state index is 0.0340. The average molecular weight is 281 g/mol. The summed E-state index contributed by atoms with van der Waals surface area (Å²) in [5.41, 5.74) is 12.9. The second-order valence-electron chi connectivity index (χ2n) is 6.24. The fraction of sp³-hybridized carbons (Fsp3) is 0.368. The van der Waals surface area contributed by atoms with Crippen LogP contribution in [0.3, 0.4) is 0 Å². The maximum absolute atomic E-state index is 6.43. The molecule has 0 aliphatic carbocycles. The van der Waals surface area contributed by atoms with Gasteiger partial charge >= 0.3 is 0 Å². The molecule has 0 spiro atoms. The predicted molar refractivity (Wildman–Crippen MR) is 86.8 cm³/mol. The molecule has 2 unspecified atom stereocenters. The highest BCUT2D eigenvalue weighted by molar-refractivity contribution is 5.42. The van der Waals surface area contributed by atoms with Crippen molar-refractivity contribution in [3.8, 4) is 5.75 Å². The zero-order chi connectivity index (χ0) is 15.0. The third-order valence-corrected chi connectivity index (χ3v) is 4.29. The molecular formula is C19H23NO. The molecular weight excluding hydrogens is 258 g/mol. The van der Waals surface area contributed by atoms with Crippen LogP contribution in [0.2, 0.25) is 0 Å². The first-order chi connectivity index (χ1) is 10.0. The third kappa shape index (κ3) is 2.96. The van der Waals surface area contributed by atoms with E-state index in [1.54, 1.807) is 0 Å². The summed E-state index contributed by atoms with van der Waals surface area (Å²) in [5.74, 6) is 1.02. The molecule has 1 heterocycles. The zero-order valence-corrected chi connectivity index (χ0v) is 13.0. The number of rotatable bonds is 3. The molecule has 1 aliphatic rings. The van der Waals surface area contributed by atoms with Crippen molar-refractivity contribution in [3.05, 3.63) is 64.2 Å². The van der Waals surface area contributed by atoms with Crippen molar-refractivity contribution in [2.24, 2.45) is 5.73 Å². The van der Waals surface area contributed by atoms with Gasteiger partial charge in [0.2, 0.25) is 0 Å². The molecule has 2 nitrogen and oxygen atoms in total. The van der Waals surface area contributed by atoms with Gasteiger partial charge in [-0.15, -0.1) is 0 Å². The standard InChI is InChI=1S/C19H23NO/c1-12-4-5-13(2)16(8-12)11-18(20)15-6-7-19-17(10-15)9-14(3)21-19/h4-8,10,14,18H,9,11,20H2,1-3H3. The molecule has 0 radical (unpaired) electrons. The van der Waals surface area contributed by atoms with Crippen LogP contribution in [-0.4, -0.2) is 6.10 Å². The quantitative estimate of drug-likeness (QED) is 0.927. The second-order valence-corrected chi connectivity index (χ2v) is 6.24. The molecule has 2 aromatic carbocycles. The van der Waals surface area contributed by atoms with Crippen LogP contribution in [-0.2, 0) is 12.8 Å². The summed E-state index contributed by atoms with van der Waals surface area (Å²) >= 11 is 0. The van der Waals surface area contributed by atoms with Crippen molar-refractivity contribution in [1.82, 2.24) is 0 Å². The second kappa shape index (κ2) is 5.53. The molecule has 0 saturated heterocycles. The Morgan fingerprint density at radius 1 is 1.19 bits per heavy atom. The molecule has 0 amide bonds. The number of ether oxygens (including phenoxy) is 1. The monoisotopic (exact) mass is 281 g/mol. The molecule has 3 rings (SSSR count). The molecule has 0 saturated carbocycles. The Labute approximate surface area is 126 Å². The summed E-state index contributed by atoms with van der Waals surface area (Å²) in [6.45, 7) is 6.39. The largest absolute Gasteiger partial charge is 0.490 e. The maximum Gasteiger partial charge on any atom is 0.123 e. The van der Waals surface area contributed by atoms with Crippen LogP contribution in [0.15, 0.2) is 36.4 Å². The van der Waals surface area contributed by atoms with Crippen molar-refractivity contribution >= 4 is 0 Å². The fourth-order valence-electron chi connectivity index (χ4n) is 3.05. The fourth-order valence-corrected chi connectivity index (χ4v) is 3.05. The highest BCUT2D eigenvalue weighted by atomic mass is 16.5. The van der Waals surface area contributed by atoms with Gasteiger partial charge in [0, 0.05) is 12.5 Å². The lowest BCUT2D eigenvalue weighted by Gasteiger charge is -2.15. The summed E-state index contributed by atoms with van der Waals surface area (Å²) in [5, 5.41) is 0. The van der Waals surface area contributed by atoms with Crippen molar-refractivity contribution in [3.63, 3.8) is 0 Å². The average Bonchev–Trinajstić information content (AvgIpc) is 2.81. The van der Waals surface area contributed by atoms with Gasteiger partial charge in [0.15, 0.2) is 0 Å². The maximum atomic E-state index is 6.43. The molecule has 2 N–H and O–H groups in total. The lowest BCUT2D eigenvalue weighted by atomic mass is 9.94. The Morgan fingerprint density at radius 2 is 2.00 bits per heavy atom. The molecule has 0 bridgehead atoms. The first-order valence-electron chi connectivity index (χ1n) is 7.64. The molecule has 2 atom stereocenters. The number of hydrogen-bond donors (Lipinski definition) is 1. The SMILES string of the molecule is Cc1ccc(C)c(CC(N)c2ccc3c(c2)CC(C)O3)c1. The number of fused-ring (bicyclic) bond motifs is 1. The Balaban J connectivity index is 1.81. The van der Waals surface area contributed by atoms with E-state index in [0.717, 1.165) is 18.6 Å². The van der Waals surface area contributed by atoms with Crippen LogP contribution in [0.25, 0.3) is 0 Å². The van der Waals surface area contributed by atoms with E-state index in [2.05, 4.69) is 57.2 Å². The van der Waals surface area contributed by atoms with Crippen LogP contribution < -0.4 is 10.5 Å². The Kier molecular flexibility index (Phi) is 3.73. The Bertz CT molecular complexity index is 663. The Hall–Kier alpha value is -1.80. The molecule has 2 aromatic rings. The van der Waals surface area contributed by atoms with Gasteiger partial charge in [0.1, 0.15) is 11.9 Å². The molecule has 0 fully saturated rings. The lowest BCUT2D eigenvalue weighted by molar-refractivity contribution is 0.254. The number of aryl methyl sites for hydroxylation is 2. The third-order valence-electron chi connectivity index (χ3n) is 4.29. The van der Waals surface area contributed by atoms with Gasteiger partial charge in [-0.1, -0.05) is 35.9 Å². The molecule has 0 aromatic heterocycles. The smallest absolute Gasteiger partial charge is 0.123 e. The van der Waals surface area contributed by atoms with Gasteiger partial charge in [-0.2, -0.15) is 0 Å². The summed E-state index contributed by atoms with van der Waals surface area (Å²) < 4.78 is 5.75. The van der Waals surface area contributed by atoms with Gasteiger partial charge in [-0.25, -0.2) is 0 Å². The van der Waals surface area contributed by atoms with E-state index in [1.807, 2.05) is 0 Å². The highest BCUT2D eigenvalue weighted by Crippen LogP contribution is 2.31. The van der Waals surface area contributed by atoms with E-state index in [1.165, 1.54) is 27.8 Å². The van der Waals surface area contributed by atoms with E-state index in [4.69, 9.17) is 10.5 Å². The van der Waals surface area contributed by atoms with Gasteiger partial charge in [-0.3, -0.25) is 0 Å². The summed E-state index contributed by atoms with van der Waals surface area (Å²) in [7, 11) is 0. The molecule has 2 heteroatoms. The van der Waals surface area contributed by atoms with Crippen molar-refractivity contribution in [1.29, 1.82) is 0 Å². The van der Waals surface area contributed by atoms with E-state index in [0.29, 0.717) is 0 Å². The van der Waals surface area contributed by atoms with E-state index in [-0.39, 0.29) is 12.1 Å². The Morgan fingerprint density at radius 3 is 2.81 bits per heavy atom. The minimum absolute atomic E-state index is 0.0340. The van der Waals surface area contributed by atoms with Crippen LogP contribution in [0.1, 0.15) is 40.8 Å². The first kappa shape index (κ1) is 14.2. The summed E-state index contributed by atoms with van der Waals surface area (Å²) in [6.07, 6.45) is 2.15. The highest BCUT2D eigenvalue weighted by Gasteiger charge is 2.20. The van der Waals surface area contributed by atoms with E-state index in [9.17, 15) is 0 Å². The summed E-state index contributed by atoms with van der Waals surface area (Å²) in [4.78, 5) is 0. The van der Waals surface area contributed by atoms with Crippen molar-refractivity contribution in [2.45, 2.75) is 45.8 Å². The van der Waals surface area contributed by atoms with Crippen LogP contribution in [0, 0.1) is 13.8 Å². The number of benzene rings is 2. The van der Waals surface area contributed by atoms with Crippen LogP contribution in [0.4, 0.5) is 0 Å². The first-order valence-corrected chi connectivity index (χ1v) is 7.64. The van der Waals surface area contributed by atoms with E-state index < -0.39 is 0 Å². The van der Waals surface area contributed by atoms with Crippen LogP contribution in [0.5, 0.6) is 5.75 Å². The van der Waals surface area contributed by atoms with Gasteiger partial charge in [0.25, 0.3) is 0 Å². The topological polar surface area (TPSA) is 35.2 Å². The minimum Gasteiger partial charge on any atom is -0.490 e. The predicted octanol–water partition coefficient (Wildman–Crippen LogP) is 3.87. The lowest BCUT2D eigenvalue weighted by Crippen LogP contribution is -2.14. The zero-order valence-electron chi connectivity index (χ0n) is 13.0. The number of hydrogen-bond acceptors (Lipinski definition) is 2. The molecule has 1 aliphatic heterocycles. The van der Waals surface area contributed by atoms with Crippen molar-refractivity contribution in [2.75, 3.05) is 0 Å². The number of nitrogens with two attached hydrogens (primary N) is 1.